The van der Waals surface area contributed by atoms with Crippen LogP contribution in [0, 0.1) is 11.2 Å². The molecular formula is C17H22FN3O3. The number of rotatable bonds is 1. The fourth-order valence-electron chi connectivity index (χ4n) is 3.83. The van der Waals surface area contributed by atoms with Gasteiger partial charge < -0.3 is 25.0 Å². The number of amides is 1. The van der Waals surface area contributed by atoms with Crippen molar-refractivity contribution >= 4 is 17.3 Å². The lowest BCUT2D eigenvalue weighted by atomic mass is 9.73. The highest BCUT2D eigenvalue weighted by Crippen LogP contribution is 2.45. The van der Waals surface area contributed by atoms with Gasteiger partial charge in [0, 0.05) is 44.8 Å². The van der Waals surface area contributed by atoms with Crippen LogP contribution in [0.4, 0.5) is 15.8 Å². The molecule has 7 heteroatoms. The molecule has 1 aromatic rings. The molecule has 0 radical (unpaired) electrons. The zero-order chi connectivity index (χ0) is 16.9. The lowest BCUT2D eigenvalue weighted by Crippen LogP contribution is -2.58. The van der Waals surface area contributed by atoms with Crippen molar-refractivity contribution in [1.29, 1.82) is 0 Å². The van der Waals surface area contributed by atoms with Crippen molar-refractivity contribution in [3.05, 3.63) is 17.9 Å². The molecule has 0 aliphatic carbocycles. The Kier molecular flexibility index (Phi) is 3.65. The number of carbonyl (C=O) groups is 1. The van der Waals surface area contributed by atoms with Gasteiger partial charge in [0.2, 0.25) is 5.91 Å². The highest BCUT2D eigenvalue weighted by atomic mass is 19.1. The molecule has 0 saturated carbocycles. The van der Waals surface area contributed by atoms with Crippen molar-refractivity contribution < 1.29 is 18.7 Å². The molecule has 3 heterocycles. The van der Waals surface area contributed by atoms with Gasteiger partial charge in [-0.1, -0.05) is 0 Å². The summed E-state index contributed by atoms with van der Waals surface area (Å²) >= 11 is 0. The zero-order valence-electron chi connectivity index (χ0n) is 13.8. The molecule has 4 rings (SSSR count). The molecule has 1 spiro atoms. The standard InChI is InChI=1S/C17H22FN3O3/c1-20-14-7-13(21-9-17(10-21)2-4-23-5-3-17)11(18)6-15(14)24-8-12(19)16(20)22/h6-7,12H,2-5,8-10,19H2,1H3/t12-/m0/s1. The van der Waals surface area contributed by atoms with E-state index in [1.54, 1.807) is 13.1 Å². The van der Waals surface area contributed by atoms with E-state index in [2.05, 4.69) is 0 Å². The Bertz CT molecular complexity index is 667. The summed E-state index contributed by atoms with van der Waals surface area (Å²) in [5, 5.41) is 0. The van der Waals surface area contributed by atoms with Gasteiger partial charge in [0.05, 0.1) is 11.4 Å². The van der Waals surface area contributed by atoms with Crippen LogP contribution >= 0.6 is 0 Å². The minimum Gasteiger partial charge on any atom is -0.489 e. The summed E-state index contributed by atoms with van der Waals surface area (Å²) in [7, 11) is 1.65. The first-order valence-electron chi connectivity index (χ1n) is 8.31. The van der Waals surface area contributed by atoms with E-state index in [0.29, 0.717) is 17.1 Å². The van der Waals surface area contributed by atoms with E-state index in [1.807, 2.05) is 4.90 Å². The number of ether oxygens (including phenoxy) is 2. The van der Waals surface area contributed by atoms with Crippen LogP contribution in [0.1, 0.15) is 12.8 Å². The smallest absolute Gasteiger partial charge is 0.247 e. The van der Waals surface area contributed by atoms with E-state index < -0.39 is 6.04 Å². The third-order valence-electron chi connectivity index (χ3n) is 5.40. The molecule has 2 saturated heterocycles. The first kappa shape index (κ1) is 15.7. The Hall–Kier alpha value is -1.86. The van der Waals surface area contributed by atoms with Gasteiger partial charge in [-0.3, -0.25) is 4.79 Å². The number of halogens is 1. The van der Waals surface area contributed by atoms with Gasteiger partial charge in [0.1, 0.15) is 24.2 Å². The molecule has 0 unspecified atom stereocenters. The van der Waals surface area contributed by atoms with Crippen LogP contribution in [0.3, 0.4) is 0 Å². The molecule has 2 N–H and O–H groups in total. The second-order valence-corrected chi connectivity index (χ2v) is 7.05. The van der Waals surface area contributed by atoms with E-state index in [0.717, 1.165) is 39.1 Å². The maximum Gasteiger partial charge on any atom is 0.247 e. The molecule has 1 amide bonds. The lowest BCUT2D eigenvalue weighted by Gasteiger charge is -2.53. The van der Waals surface area contributed by atoms with Crippen LogP contribution in [-0.4, -0.2) is 51.9 Å². The number of anilines is 2. The summed E-state index contributed by atoms with van der Waals surface area (Å²) in [4.78, 5) is 15.7. The first-order chi connectivity index (χ1) is 11.5. The number of carbonyl (C=O) groups excluding carboxylic acids is 1. The Morgan fingerprint density at radius 2 is 1.96 bits per heavy atom. The zero-order valence-corrected chi connectivity index (χ0v) is 13.8. The van der Waals surface area contributed by atoms with Gasteiger partial charge in [0.25, 0.3) is 0 Å². The third-order valence-corrected chi connectivity index (χ3v) is 5.40. The summed E-state index contributed by atoms with van der Waals surface area (Å²) in [6.45, 7) is 3.27. The van der Waals surface area contributed by atoms with Gasteiger partial charge in [-0.15, -0.1) is 0 Å². The second kappa shape index (κ2) is 5.60. The lowest BCUT2D eigenvalue weighted by molar-refractivity contribution is -0.119. The minimum absolute atomic E-state index is 0.0573. The molecule has 3 aliphatic heterocycles. The number of hydrogen-bond donors (Lipinski definition) is 1. The first-order valence-corrected chi connectivity index (χ1v) is 8.31. The molecule has 1 aromatic carbocycles. The monoisotopic (exact) mass is 335 g/mol. The van der Waals surface area contributed by atoms with Gasteiger partial charge in [-0.2, -0.15) is 0 Å². The Labute approximate surface area is 140 Å². The maximum atomic E-state index is 14.6. The number of benzene rings is 1. The van der Waals surface area contributed by atoms with Gasteiger partial charge in [-0.25, -0.2) is 4.39 Å². The predicted octanol–water partition coefficient (Wildman–Crippen LogP) is 1.12. The molecule has 130 valence electrons. The van der Waals surface area contributed by atoms with Crippen molar-refractivity contribution in [3.63, 3.8) is 0 Å². The van der Waals surface area contributed by atoms with Gasteiger partial charge in [0.15, 0.2) is 0 Å². The van der Waals surface area contributed by atoms with Crippen molar-refractivity contribution in [2.45, 2.75) is 18.9 Å². The fourth-order valence-corrected chi connectivity index (χ4v) is 3.83. The van der Waals surface area contributed by atoms with E-state index in [9.17, 15) is 9.18 Å². The van der Waals surface area contributed by atoms with Gasteiger partial charge >= 0.3 is 0 Å². The van der Waals surface area contributed by atoms with Crippen LogP contribution < -0.4 is 20.3 Å². The van der Waals surface area contributed by atoms with Crippen LogP contribution in [-0.2, 0) is 9.53 Å². The maximum absolute atomic E-state index is 14.6. The molecular weight excluding hydrogens is 313 g/mol. The summed E-state index contributed by atoms with van der Waals surface area (Å²) in [5.74, 6) is -0.191. The van der Waals surface area contributed by atoms with Crippen LogP contribution in [0.25, 0.3) is 0 Å². The number of likely N-dealkylation sites (N-methyl/N-ethyl adjacent to an activating group) is 1. The van der Waals surface area contributed by atoms with Crippen LogP contribution in [0.5, 0.6) is 5.75 Å². The Morgan fingerprint density at radius 3 is 2.67 bits per heavy atom. The summed E-state index contributed by atoms with van der Waals surface area (Å²) < 4.78 is 25.5. The molecule has 3 aliphatic rings. The SMILES string of the molecule is CN1C(=O)[C@@H](N)COc2cc(F)c(N3CC4(CCOCC4)C3)cc21. The van der Waals surface area contributed by atoms with Crippen molar-refractivity contribution in [2.24, 2.45) is 11.1 Å². The highest BCUT2D eigenvalue weighted by Gasteiger charge is 2.45. The second-order valence-electron chi connectivity index (χ2n) is 7.05. The predicted molar refractivity (Wildman–Crippen MR) is 88.0 cm³/mol. The molecule has 0 aromatic heterocycles. The Balaban J connectivity index is 1.61. The number of hydrogen-bond acceptors (Lipinski definition) is 5. The van der Waals surface area contributed by atoms with Crippen molar-refractivity contribution in [3.8, 4) is 5.75 Å². The average molecular weight is 335 g/mol. The topological polar surface area (TPSA) is 68.0 Å². The van der Waals surface area contributed by atoms with Crippen molar-refractivity contribution in [2.75, 3.05) is 49.8 Å². The van der Waals surface area contributed by atoms with Crippen LogP contribution in [0.2, 0.25) is 0 Å². The van der Waals surface area contributed by atoms with Crippen molar-refractivity contribution in [1.82, 2.24) is 0 Å². The number of nitrogens with zero attached hydrogens (tertiary/aromatic N) is 2. The summed E-state index contributed by atoms with van der Waals surface area (Å²) in [6, 6.07) is 2.33. The quantitative estimate of drug-likeness (QED) is 0.833. The fraction of sp³-hybridized carbons (Fsp3) is 0.588. The highest BCUT2D eigenvalue weighted by molar-refractivity contribution is 5.99. The minimum atomic E-state index is -0.733. The Morgan fingerprint density at radius 1 is 1.25 bits per heavy atom. The molecule has 0 bridgehead atoms. The number of nitrogens with two attached hydrogens (primary N) is 1. The van der Waals surface area contributed by atoms with E-state index in [1.165, 1.54) is 11.0 Å². The van der Waals surface area contributed by atoms with E-state index in [4.69, 9.17) is 15.2 Å². The summed E-state index contributed by atoms with van der Waals surface area (Å²) in [5.41, 5.74) is 7.12. The molecule has 24 heavy (non-hydrogen) atoms. The van der Waals surface area contributed by atoms with E-state index >= 15 is 0 Å². The number of fused-ring (bicyclic) bond motifs is 1. The largest absolute Gasteiger partial charge is 0.489 e. The summed E-state index contributed by atoms with van der Waals surface area (Å²) in [6.07, 6.45) is 2.04. The van der Waals surface area contributed by atoms with Gasteiger partial charge in [-0.05, 0) is 18.9 Å². The van der Waals surface area contributed by atoms with E-state index in [-0.39, 0.29) is 23.7 Å². The molecule has 2 fully saturated rings. The van der Waals surface area contributed by atoms with Crippen LogP contribution in [0.15, 0.2) is 12.1 Å². The molecule has 1 atom stereocenters. The normalized spacial score (nSPS) is 25.8. The average Bonchev–Trinajstić information content (AvgIpc) is 2.65. The molecule has 6 nitrogen and oxygen atoms in total. The third kappa shape index (κ3) is 2.43.